The quantitative estimate of drug-likeness (QED) is 0.218. The summed E-state index contributed by atoms with van der Waals surface area (Å²) in [4.78, 5) is 47.1. The van der Waals surface area contributed by atoms with Crippen molar-refractivity contribution in [3.05, 3.63) is 10.1 Å². The van der Waals surface area contributed by atoms with Crippen molar-refractivity contribution in [2.75, 3.05) is 26.2 Å². The van der Waals surface area contributed by atoms with Crippen LogP contribution in [0.15, 0.2) is 0 Å². The molecule has 1 amide bonds. The number of hydrogen-bond donors (Lipinski definition) is 3. The lowest BCUT2D eigenvalue weighted by Crippen LogP contribution is -2.48. The third-order valence-corrected chi connectivity index (χ3v) is 4.64. The van der Waals surface area contributed by atoms with Gasteiger partial charge in [0.05, 0.1) is 25.2 Å². The Balaban J connectivity index is 2.41. The van der Waals surface area contributed by atoms with Crippen LogP contribution in [0.3, 0.4) is 0 Å². The van der Waals surface area contributed by atoms with Gasteiger partial charge in [0.1, 0.15) is 11.0 Å². The first-order valence-corrected chi connectivity index (χ1v) is 8.94. The molecule has 0 aromatic rings. The summed E-state index contributed by atoms with van der Waals surface area (Å²) >= 11 is 0. The highest BCUT2D eigenvalue weighted by Crippen LogP contribution is 2.18. The number of rotatable bonds is 12. The lowest BCUT2D eigenvalue weighted by Gasteiger charge is -2.21. The molecule has 148 valence electrons. The summed E-state index contributed by atoms with van der Waals surface area (Å²) in [5, 5.41) is 13.5. The van der Waals surface area contributed by atoms with Crippen LogP contribution in [0.25, 0.3) is 0 Å². The Bertz CT molecular complexity index is 527. The van der Waals surface area contributed by atoms with E-state index in [1.165, 1.54) is 4.90 Å². The van der Waals surface area contributed by atoms with Crippen LogP contribution in [0.5, 0.6) is 0 Å². The number of hydrogen-bond acceptors (Lipinski definition) is 9. The first kappa shape index (κ1) is 22.3. The van der Waals surface area contributed by atoms with E-state index in [9.17, 15) is 24.5 Å². The van der Waals surface area contributed by atoms with E-state index in [4.69, 9.17) is 11.5 Å². The van der Waals surface area contributed by atoms with Gasteiger partial charge in [-0.1, -0.05) is 6.42 Å². The summed E-state index contributed by atoms with van der Waals surface area (Å²) < 4.78 is 0. The van der Waals surface area contributed by atoms with E-state index in [1.54, 1.807) is 6.92 Å². The number of nitrogens with zero attached hydrogens (tertiary/aromatic N) is 2. The number of Topliss-reactive ketones (excluding diaryl/α,β-unsaturated/α-hetero) is 2. The Kier molecular flexibility index (Phi) is 9.49. The Morgan fingerprint density at radius 3 is 2.62 bits per heavy atom. The lowest BCUT2D eigenvalue weighted by atomic mass is 10.1. The van der Waals surface area contributed by atoms with Gasteiger partial charge in [0.25, 0.3) is 0 Å². The molecule has 1 rings (SSSR count). The van der Waals surface area contributed by atoms with Crippen LogP contribution in [-0.2, 0) is 14.4 Å². The molecule has 10 nitrogen and oxygen atoms in total. The van der Waals surface area contributed by atoms with Gasteiger partial charge in [-0.15, -0.1) is 0 Å². The van der Waals surface area contributed by atoms with Gasteiger partial charge in [0.2, 0.25) is 0 Å². The fourth-order valence-electron chi connectivity index (χ4n) is 2.92. The second kappa shape index (κ2) is 11.1. The number of likely N-dealkylation sites (tertiary alicyclic amines) is 1. The summed E-state index contributed by atoms with van der Waals surface area (Å²) in [6.07, 6.45) is 3.15. The average molecular weight is 371 g/mol. The minimum atomic E-state index is -1.07. The van der Waals surface area contributed by atoms with E-state index < -0.39 is 29.0 Å². The van der Waals surface area contributed by atoms with Crippen molar-refractivity contribution in [1.29, 1.82) is 0 Å². The second-order valence-corrected chi connectivity index (χ2v) is 6.65. The lowest BCUT2D eigenvalue weighted by molar-refractivity contribution is -0.405. The van der Waals surface area contributed by atoms with Crippen LogP contribution in [0.1, 0.15) is 39.0 Å². The second-order valence-electron chi connectivity index (χ2n) is 6.65. The van der Waals surface area contributed by atoms with E-state index in [2.05, 4.69) is 5.32 Å². The molecule has 3 atom stereocenters. The molecule has 0 aromatic heterocycles. The Morgan fingerprint density at radius 1 is 1.31 bits per heavy atom. The highest BCUT2D eigenvalue weighted by Gasteiger charge is 2.39. The van der Waals surface area contributed by atoms with E-state index >= 15 is 0 Å². The zero-order valence-corrected chi connectivity index (χ0v) is 15.2. The van der Waals surface area contributed by atoms with Gasteiger partial charge in [0.15, 0.2) is 11.6 Å². The van der Waals surface area contributed by atoms with E-state index in [1.807, 2.05) is 0 Å². The molecule has 0 aliphatic carbocycles. The van der Waals surface area contributed by atoms with Crippen LogP contribution in [0.4, 0.5) is 0 Å². The smallest absolute Gasteiger partial charge is 0.330 e. The predicted molar refractivity (Wildman–Crippen MR) is 95.0 cm³/mol. The van der Waals surface area contributed by atoms with Crippen molar-refractivity contribution in [1.82, 2.24) is 10.2 Å². The number of ketones is 2. The topological polar surface area (TPSA) is 162 Å². The minimum absolute atomic E-state index is 0.0199. The maximum Gasteiger partial charge on any atom is 0.461 e. The Morgan fingerprint density at radius 2 is 2.00 bits per heavy atom. The maximum absolute atomic E-state index is 12.3. The van der Waals surface area contributed by atoms with Crippen molar-refractivity contribution in [2.24, 2.45) is 11.5 Å². The molecule has 1 fully saturated rings. The molecular formula is C16H29N5O5. The molecule has 1 aliphatic heterocycles. The van der Waals surface area contributed by atoms with Crippen molar-refractivity contribution in [3.8, 4) is 0 Å². The molecule has 5 N–H and O–H groups in total. The first-order valence-electron chi connectivity index (χ1n) is 8.94. The molecule has 0 aromatic carbocycles. The van der Waals surface area contributed by atoms with E-state index in [0.717, 1.165) is 12.8 Å². The van der Waals surface area contributed by atoms with Crippen LogP contribution in [-0.4, -0.2) is 71.6 Å². The molecule has 26 heavy (non-hydrogen) atoms. The summed E-state index contributed by atoms with van der Waals surface area (Å²) in [7, 11) is 0. The fourth-order valence-corrected chi connectivity index (χ4v) is 2.92. The Hall–Kier alpha value is -1.75. The first-order chi connectivity index (χ1) is 12.3. The summed E-state index contributed by atoms with van der Waals surface area (Å²) in [5.41, 5.74) is 11.2. The third kappa shape index (κ3) is 6.87. The molecule has 0 saturated carbocycles. The molecular weight excluding hydrogens is 342 g/mol. The summed E-state index contributed by atoms with van der Waals surface area (Å²) in [6.45, 7) is 2.56. The third-order valence-electron chi connectivity index (χ3n) is 4.64. The minimum Gasteiger partial charge on any atom is -0.330 e. The molecule has 0 unspecified atom stereocenters. The predicted octanol–water partition coefficient (Wildman–Crippen LogP) is -1.17. The van der Waals surface area contributed by atoms with E-state index in [-0.39, 0.29) is 24.7 Å². The van der Waals surface area contributed by atoms with Crippen molar-refractivity contribution >= 4 is 17.5 Å². The van der Waals surface area contributed by atoms with Gasteiger partial charge in [-0.3, -0.25) is 24.6 Å². The van der Waals surface area contributed by atoms with Gasteiger partial charge in [-0.25, -0.2) is 4.79 Å². The van der Waals surface area contributed by atoms with Gasteiger partial charge in [-0.05, 0) is 45.7 Å². The molecule has 0 bridgehead atoms. The van der Waals surface area contributed by atoms with Crippen LogP contribution in [0.2, 0.25) is 0 Å². The zero-order chi connectivity index (χ0) is 19.7. The number of nitro groups is 1. The normalized spacial score (nSPS) is 19.9. The summed E-state index contributed by atoms with van der Waals surface area (Å²) in [6, 6.07) is -2.04. The van der Waals surface area contributed by atoms with Crippen LogP contribution < -0.4 is 16.8 Å². The van der Waals surface area contributed by atoms with E-state index in [0.29, 0.717) is 32.4 Å². The summed E-state index contributed by atoms with van der Waals surface area (Å²) in [5.74, 6) is -1.48. The van der Waals surface area contributed by atoms with Crippen molar-refractivity contribution in [2.45, 2.75) is 57.2 Å². The van der Waals surface area contributed by atoms with Gasteiger partial charge < -0.3 is 16.8 Å². The molecule has 0 radical (unpaired) electrons. The molecule has 0 spiro atoms. The SMILES string of the molecule is C[C@H](NCC(=O)[C@@H](N)CCCCN)C(=O)CN1CCC[C@H]1C(=O)[N+](=O)[O-]. The van der Waals surface area contributed by atoms with Crippen molar-refractivity contribution < 1.29 is 19.3 Å². The Labute approximate surface area is 152 Å². The van der Waals surface area contributed by atoms with Gasteiger partial charge in [-0.2, -0.15) is 0 Å². The fraction of sp³-hybridized carbons (Fsp3) is 0.812. The molecule has 10 heteroatoms. The zero-order valence-electron chi connectivity index (χ0n) is 15.2. The molecule has 1 heterocycles. The largest absolute Gasteiger partial charge is 0.461 e. The van der Waals surface area contributed by atoms with Crippen LogP contribution in [0, 0.1) is 10.1 Å². The number of nitrogens with two attached hydrogens (primary N) is 2. The van der Waals surface area contributed by atoms with Gasteiger partial charge in [0, 0.05) is 0 Å². The number of nitrogens with one attached hydrogen (secondary N) is 1. The number of carbonyl (C=O) groups excluding carboxylic acids is 3. The monoisotopic (exact) mass is 371 g/mol. The number of amides is 1. The standard InChI is InChI=1S/C16H29N5O5/c1-11(19-9-14(22)12(18)5-2-3-7-17)15(23)10-20-8-4-6-13(20)16(24)21(25)26/h11-13,19H,2-10,17-18H2,1H3/t11-,12-,13-/m0/s1. The number of unbranched alkanes of at least 4 members (excludes halogenated alkanes) is 1. The molecule has 1 aliphatic rings. The van der Waals surface area contributed by atoms with Crippen LogP contribution >= 0.6 is 0 Å². The maximum atomic E-state index is 12.3. The van der Waals surface area contributed by atoms with Crippen molar-refractivity contribution in [3.63, 3.8) is 0 Å². The highest BCUT2D eigenvalue weighted by molar-refractivity contribution is 5.89. The van der Waals surface area contributed by atoms with Gasteiger partial charge >= 0.3 is 5.91 Å². The number of carbonyl (C=O) groups is 3. The highest BCUT2D eigenvalue weighted by atomic mass is 16.6. The average Bonchev–Trinajstić information content (AvgIpc) is 3.06. The molecule has 1 saturated heterocycles.